The van der Waals surface area contributed by atoms with Gasteiger partial charge in [-0.1, -0.05) is 35.9 Å². The molecule has 4 aromatic rings. The Bertz CT molecular complexity index is 1480. The summed E-state index contributed by atoms with van der Waals surface area (Å²) in [5.41, 5.74) is 2.41. The first-order chi connectivity index (χ1) is 15.8. The average Bonchev–Trinajstić information content (AvgIpc) is 3.33. The summed E-state index contributed by atoms with van der Waals surface area (Å²) in [5, 5.41) is 5.98. The summed E-state index contributed by atoms with van der Waals surface area (Å²) < 4.78 is 38.5. The first-order valence-corrected chi connectivity index (χ1v) is 12.6. The van der Waals surface area contributed by atoms with Gasteiger partial charge < -0.3 is 0 Å². The maximum atomic E-state index is 13.5. The number of pyridine rings is 1. The third-order valence-corrected chi connectivity index (χ3v) is 8.03. The van der Waals surface area contributed by atoms with Gasteiger partial charge in [-0.15, -0.1) is 0 Å². The highest BCUT2D eigenvalue weighted by Gasteiger charge is 2.30. The van der Waals surface area contributed by atoms with Crippen LogP contribution in [-0.4, -0.2) is 40.5 Å². The van der Waals surface area contributed by atoms with Gasteiger partial charge >= 0.3 is 0 Å². The predicted molar refractivity (Wildman–Crippen MR) is 125 cm³/mol. The van der Waals surface area contributed by atoms with E-state index in [1.807, 2.05) is 18.2 Å². The molecule has 33 heavy (non-hydrogen) atoms. The molecule has 0 N–H and O–H groups in total. The van der Waals surface area contributed by atoms with E-state index >= 15 is 0 Å². The van der Waals surface area contributed by atoms with Crippen molar-refractivity contribution in [3.63, 3.8) is 0 Å². The number of carbonyl (C=O) groups is 1. The summed E-state index contributed by atoms with van der Waals surface area (Å²) in [6.45, 7) is 0. The zero-order valence-electron chi connectivity index (χ0n) is 17.4. The highest BCUT2D eigenvalue weighted by atomic mass is 35.5. The summed E-state index contributed by atoms with van der Waals surface area (Å²) in [6.07, 6.45) is 1.78. The maximum absolute atomic E-state index is 13.5. The number of nitrogens with zero attached hydrogens (tertiary/aromatic N) is 3. The van der Waals surface area contributed by atoms with E-state index in [0.29, 0.717) is 34.0 Å². The minimum absolute atomic E-state index is 0.0507. The van der Waals surface area contributed by atoms with Crippen LogP contribution in [-0.2, 0) is 9.84 Å². The Morgan fingerprint density at radius 2 is 1.97 bits per heavy atom. The Morgan fingerprint density at radius 3 is 2.67 bits per heavy atom. The molecule has 1 saturated heterocycles. The van der Waals surface area contributed by atoms with Crippen molar-refractivity contribution in [1.82, 2.24) is 14.8 Å². The molecule has 1 atom stereocenters. The maximum Gasteiger partial charge on any atom is 0.163 e. The van der Waals surface area contributed by atoms with Gasteiger partial charge in [0.25, 0.3) is 0 Å². The SMILES string of the molecule is O=C(CC1CCS(=O)(=O)C1)c1ccc2c(-c3ccccc3Cl)nn(-c3ccc(F)cn3)c2c1. The highest BCUT2D eigenvalue weighted by molar-refractivity contribution is 7.91. The minimum Gasteiger partial charge on any atom is -0.294 e. The number of carbonyl (C=O) groups excluding carboxylic acids is 1. The Morgan fingerprint density at radius 1 is 1.15 bits per heavy atom. The van der Waals surface area contributed by atoms with Crippen LogP contribution in [0.2, 0.25) is 5.02 Å². The molecule has 6 nitrogen and oxygen atoms in total. The number of fused-ring (bicyclic) bond motifs is 1. The standard InChI is InChI=1S/C24H19ClFN3O3S/c25-20-4-2-1-3-18(20)24-19-7-5-16(22(30)11-15-9-10-33(31,32)14-15)12-21(19)29(28-24)23-8-6-17(26)13-27-23/h1-8,12-13,15H,9-11,14H2. The Hall–Kier alpha value is -3.10. The summed E-state index contributed by atoms with van der Waals surface area (Å²) >= 11 is 6.42. The second-order valence-corrected chi connectivity index (χ2v) is 10.8. The third kappa shape index (κ3) is 4.28. The average molecular weight is 484 g/mol. The fraction of sp³-hybridized carbons (Fsp3) is 0.208. The van der Waals surface area contributed by atoms with Crippen LogP contribution in [0.3, 0.4) is 0 Å². The van der Waals surface area contributed by atoms with Crippen LogP contribution in [0.5, 0.6) is 0 Å². The molecule has 1 unspecified atom stereocenters. The molecular weight excluding hydrogens is 465 g/mol. The smallest absolute Gasteiger partial charge is 0.163 e. The molecular formula is C24H19ClFN3O3S. The summed E-state index contributed by atoms with van der Waals surface area (Å²) in [5.74, 6) is -0.183. The molecule has 0 spiro atoms. The van der Waals surface area contributed by atoms with Crippen molar-refractivity contribution in [3.8, 4) is 17.1 Å². The van der Waals surface area contributed by atoms with Crippen LogP contribution in [0.15, 0.2) is 60.8 Å². The quantitative estimate of drug-likeness (QED) is 0.377. The van der Waals surface area contributed by atoms with Crippen molar-refractivity contribution in [1.29, 1.82) is 0 Å². The molecule has 2 aromatic heterocycles. The number of halogens is 2. The number of Topliss-reactive ketones (excluding diaryl/α,β-unsaturated/α-hetero) is 1. The van der Waals surface area contributed by atoms with E-state index in [4.69, 9.17) is 16.7 Å². The second-order valence-electron chi connectivity index (χ2n) is 8.20. The zero-order valence-corrected chi connectivity index (χ0v) is 19.0. The highest BCUT2D eigenvalue weighted by Crippen LogP contribution is 2.34. The van der Waals surface area contributed by atoms with Crippen molar-refractivity contribution >= 4 is 38.1 Å². The largest absolute Gasteiger partial charge is 0.294 e. The minimum atomic E-state index is -3.05. The number of benzene rings is 2. The lowest BCUT2D eigenvalue weighted by Crippen LogP contribution is -2.11. The molecule has 2 aromatic carbocycles. The summed E-state index contributed by atoms with van der Waals surface area (Å²) in [4.78, 5) is 17.1. The van der Waals surface area contributed by atoms with E-state index in [0.717, 1.165) is 17.1 Å². The molecule has 1 aliphatic heterocycles. The van der Waals surface area contributed by atoms with Gasteiger partial charge in [-0.05, 0) is 42.7 Å². The van der Waals surface area contributed by atoms with Crippen LogP contribution in [0.1, 0.15) is 23.2 Å². The van der Waals surface area contributed by atoms with E-state index < -0.39 is 15.7 Å². The van der Waals surface area contributed by atoms with Crippen LogP contribution >= 0.6 is 11.6 Å². The van der Waals surface area contributed by atoms with Crippen molar-refractivity contribution in [2.45, 2.75) is 12.8 Å². The van der Waals surface area contributed by atoms with E-state index in [1.165, 1.54) is 12.1 Å². The van der Waals surface area contributed by atoms with Crippen molar-refractivity contribution in [2.24, 2.45) is 5.92 Å². The number of hydrogen-bond donors (Lipinski definition) is 0. The van der Waals surface area contributed by atoms with Gasteiger partial charge in [0, 0.05) is 22.9 Å². The zero-order chi connectivity index (χ0) is 23.2. The summed E-state index contributed by atoms with van der Waals surface area (Å²) in [6, 6.07) is 15.4. The Kier molecular flexibility index (Phi) is 5.50. The van der Waals surface area contributed by atoms with Crippen molar-refractivity contribution < 1.29 is 17.6 Å². The summed E-state index contributed by atoms with van der Waals surface area (Å²) in [7, 11) is -3.05. The Labute approximate surface area is 194 Å². The van der Waals surface area contributed by atoms with Gasteiger partial charge in [-0.2, -0.15) is 5.10 Å². The van der Waals surface area contributed by atoms with Gasteiger partial charge in [-0.3, -0.25) is 4.79 Å². The van der Waals surface area contributed by atoms with E-state index in [-0.39, 0.29) is 29.6 Å². The number of rotatable bonds is 5. The molecule has 9 heteroatoms. The lowest BCUT2D eigenvalue weighted by Gasteiger charge is -2.08. The third-order valence-electron chi connectivity index (χ3n) is 5.86. The Balaban J connectivity index is 1.60. The van der Waals surface area contributed by atoms with Gasteiger partial charge in [0.1, 0.15) is 11.5 Å². The number of sulfone groups is 1. The van der Waals surface area contributed by atoms with Crippen LogP contribution in [0.25, 0.3) is 28.0 Å². The molecule has 168 valence electrons. The number of aromatic nitrogens is 3. The van der Waals surface area contributed by atoms with Crippen molar-refractivity contribution in [3.05, 3.63) is 77.2 Å². The monoisotopic (exact) mass is 483 g/mol. The number of hydrogen-bond acceptors (Lipinski definition) is 5. The molecule has 0 radical (unpaired) electrons. The fourth-order valence-corrected chi connectivity index (χ4v) is 6.31. The van der Waals surface area contributed by atoms with Gasteiger partial charge in [0.2, 0.25) is 0 Å². The first-order valence-electron chi connectivity index (χ1n) is 10.4. The molecule has 1 aliphatic rings. The molecule has 3 heterocycles. The predicted octanol–water partition coefficient (Wildman–Crippen LogP) is 4.89. The molecule has 5 rings (SSSR count). The lowest BCUT2D eigenvalue weighted by molar-refractivity contribution is 0.0966. The van der Waals surface area contributed by atoms with Crippen LogP contribution < -0.4 is 0 Å². The van der Waals surface area contributed by atoms with Gasteiger partial charge in [0.15, 0.2) is 21.4 Å². The first kappa shape index (κ1) is 21.7. The molecule has 0 bridgehead atoms. The number of ketones is 1. The molecule has 0 amide bonds. The van der Waals surface area contributed by atoms with Gasteiger partial charge in [-0.25, -0.2) is 22.5 Å². The lowest BCUT2D eigenvalue weighted by atomic mass is 9.97. The van der Waals surface area contributed by atoms with Crippen LogP contribution in [0, 0.1) is 11.7 Å². The van der Waals surface area contributed by atoms with Crippen LogP contribution in [0.4, 0.5) is 4.39 Å². The molecule has 0 saturated carbocycles. The molecule has 0 aliphatic carbocycles. The molecule has 1 fully saturated rings. The fourth-order valence-electron chi connectivity index (χ4n) is 4.22. The van der Waals surface area contributed by atoms with E-state index in [9.17, 15) is 17.6 Å². The normalized spacial score (nSPS) is 17.5. The second kappa shape index (κ2) is 8.35. The van der Waals surface area contributed by atoms with Gasteiger partial charge in [0.05, 0.1) is 28.2 Å². The van der Waals surface area contributed by atoms with E-state index in [1.54, 1.807) is 28.9 Å². The van der Waals surface area contributed by atoms with E-state index in [2.05, 4.69) is 4.98 Å². The van der Waals surface area contributed by atoms with Crippen molar-refractivity contribution in [2.75, 3.05) is 11.5 Å². The topological polar surface area (TPSA) is 81.9 Å².